The van der Waals surface area contributed by atoms with Crippen LogP contribution >= 0.6 is 0 Å². The van der Waals surface area contributed by atoms with Gasteiger partial charge in [0.25, 0.3) is 0 Å². The highest BCUT2D eigenvalue weighted by molar-refractivity contribution is 5.61. The molecule has 1 atom stereocenters. The topological polar surface area (TPSA) is 21.6 Å². The number of methoxy groups -OCH3 is 1. The molecule has 1 aromatic rings. The van der Waals surface area contributed by atoms with Crippen molar-refractivity contribution < 1.29 is 4.74 Å². The van der Waals surface area contributed by atoms with E-state index in [9.17, 15) is 0 Å². The van der Waals surface area contributed by atoms with Crippen molar-refractivity contribution in [1.29, 1.82) is 0 Å². The lowest BCUT2D eigenvalue weighted by atomic mass is 9.90. The van der Waals surface area contributed by atoms with Crippen molar-refractivity contribution in [3.05, 3.63) is 35.9 Å². The number of hydrogen-bond acceptors (Lipinski definition) is 2. The Morgan fingerprint density at radius 3 is 2.61 bits per heavy atom. The minimum absolute atomic E-state index is 0.151. The number of rotatable bonds is 5. The fourth-order valence-electron chi connectivity index (χ4n) is 2.57. The highest BCUT2D eigenvalue weighted by Gasteiger charge is 2.13. The largest absolute Gasteiger partial charge is 0.382 e. The first-order valence-electron chi connectivity index (χ1n) is 6.97. The molecule has 0 spiro atoms. The minimum Gasteiger partial charge on any atom is -0.382 e. The predicted octanol–water partition coefficient (Wildman–Crippen LogP) is 4.03. The molecule has 0 saturated heterocycles. The highest BCUT2D eigenvalue weighted by Crippen LogP contribution is 2.24. The molecule has 18 heavy (non-hydrogen) atoms. The lowest BCUT2D eigenvalue weighted by Crippen LogP contribution is -2.10. The molecule has 1 aliphatic carbocycles. The Morgan fingerprint density at radius 1 is 1.22 bits per heavy atom. The van der Waals surface area contributed by atoms with Crippen molar-refractivity contribution in [3.8, 4) is 0 Å². The molecule has 1 aromatic carbocycles. The second kappa shape index (κ2) is 7.32. The standard InChI is InChI=1S/C16H23NO/c1-18-13-16(15-10-6-3-7-11-15)17-12-14-8-4-2-5-9-14/h3,6-7,10-12,14,16H,2,4-5,8-9,13H2,1H3/t16-/m0/s1. The van der Waals surface area contributed by atoms with E-state index >= 15 is 0 Å². The summed E-state index contributed by atoms with van der Waals surface area (Å²) in [6.45, 7) is 0.660. The number of nitrogens with zero attached hydrogens (tertiary/aromatic N) is 1. The number of benzene rings is 1. The Labute approximate surface area is 110 Å². The summed E-state index contributed by atoms with van der Waals surface area (Å²) in [5.41, 5.74) is 1.24. The number of hydrogen-bond donors (Lipinski definition) is 0. The summed E-state index contributed by atoms with van der Waals surface area (Å²) in [5.74, 6) is 0.682. The average Bonchev–Trinajstić information content (AvgIpc) is 2.45. The first-order chi connectivity index (χ1) is 8.90. The van der Waals surface area contributed by atoms with E-state index in [1.54, 1.807) is 7.11 Å². The SMILES string of the molecule is COC[C@H](N=CC1CCCCC1)c1ccccc1. The number of aliphatic imine (C=N–C) groups is 1. The molecular formula is C16H23NO. The normalized spacial score (nSPS) is 19.2. The number of ether oxygens (including phenoxy) is 1. The molecule has 0 bridgehead atoms. The minimum atomic E-state index is 0.151. The molecule has 0 heterocycles. The van der Waals surface area contributed by atoms with Gasteiger partial charge in [0, 0.05) is 13.3 Å². The van der Waals surface area contributed by atoms with Gasteiger partial charge in [0.1, 0.15) is 0 Å². The van der Waals surface area contributed by atoms with Gasteiger partial charge in [-0.1, -0.05) is 49.6 Å². The third kappa shape index (κ3) is 3.95. The molecule has 0 amide bonds. The van der Waals surface area contributed by atoms with Crippen LogP contribution in [0.5, 0.6) is 0 Å². The molecule has 0 N–H and O–H groups in total. The highest BCUT2D eigenvalue weighted by atomic mass is 16.5. The van der Waals surface area contributed by atoms with Gasteiger partial charge < -0.3 is 4.74 Å². The van der Waals surface area contributed by atoms with Gasteiger partial charge in [-0.2, -0.15) is 0 Å². The fraction of sp³-hybridized carbons (Fsp3) is 0.562. The van der Waals surface area contributed by atoms with E-state index in [2.05, 4.69) is 30.5 Å². The third-order valence-electron chi connectivity index (χ3n) is 3.64. The second-order valence-corrected chi connectivity index (χ2v) is 5.08. The summed E-state index contributed by atoms with van der Waals surface area (Å²) in [6.07, 6.45) is 8.89. The summed E-state index contributed by atoms with van der Waals surface area (Å²) in [6, 6.07) is 10.6. The lowest BCUT2D eigenvalue weighted by Gasteiger charge is -2.18. The van der Waals surface area contributed by atoms with E-state index < -0.39 is 0 Å². The summed E-state index contributed by atoms with van der Waals surface area (Å²) in [5, 5.41) is 0. The maximum Gasteiger partial charge on any atom is 0.0978 e. The van der Waals surface area contributed by atoms with Gasteiger partial charge in [0.05, 0.1) is 12.6 Å². The van der Waals surface area contributed by atoms with E-state index in [1.165, 1.54) is 37.7 Å². The fourth-order valence-corrected chi connectivity index (χ4v) is 2.57. The molecule has 98 valence electrons. The van der Waals surface area contributed by atoms with Crippen LogP contribution in [0.2, 0.25) is 0 Å². The molecular weight excluding hydrogens is 222 g/mol. The molecule has 2 heteroatoms. The first-order valence-corrected chi connectivity index (χ1v) is 6.97. The molecule has 2 rings (SSSR count). The van der Waals surface area contributed by atoms with Crippen LogP contribution in [0.25, 0.3) is 0 Å². The maximum absolute atomic E-state index is 5.28. The third-order valence-corrected chi connectivity index (χ3v) is 3.64. The van der Waals surface area contributed by atoms with Crippen LogP contribution in [-0.4, -0.2) is 19.9 Å². The van der Waals surface area contributed by atoms with E-state index in [-0.39, 0.29) is 6.04 Å². The van der Waals surface area contributed by atoms with Crippen molar-refractivity contribution >= 4 is 6.21 Å². The van der Waals surface area contributed by atoms with Crippen LogP contribution in [0, 0.1) is 5.92 Å². The molecule has 0 radical (unpaired) electrons. The first kappa shape index (κ1) is 13.3. The molecule has 0 aliphatic heterocycles. The van der Waals surface area contributed by atoms with E-state index in [0.717, 1.165) is 0 Å². The van der Waals surface area contributed by atoms with Gasteiger partial charge in [-0.15, -0.1) is 0 Å². The Morgan fingerprint density at radius 2 is 1.94 bits per heavy atom. The Hall–Kier alpha value is -1.15. The molecule has 1 fully saturated rings. The summed E-state index contributed by atoms with van der Waals surface area (Å²) < 4.78 is 5.28. The van der Waals surface area contributed by atoms with Gasteiger partial charge in [0.15, 0.2) is 0 Å². The van der Waals surface area contributed by atoms with Crippen molar-refractivity contribution in [2.45, 2.75) is 38.1 Å². The Balaban J connectivity index is 1.99. The monoisotopic (exact) mass is 245 g/mol. The van der Waals surface area contributed by atoms with Crippen LogP contribution in [-0.2, 0) is 4.74 Å². The predicted molar refractivity (Wildman–Crippen MR) is 76.1 cm³/mol. The quantitative estimate of drug-likeness (QED) is 0.718. The van der Waals surface area contributed by atoms with Gasteiger partial charge in [-0.05, 0) is 24.3 Å². The zero-order chi connectivity index (χ0) is 12.6. The smallest absolute Gasteiger partial charge is 0.0978 e. The van der Waals surface area contributed by atoms with Crippen molar-refractivity contribution in [1.82, 2.24) is 0 Å². The average molecular weight is 245 g/mol. The van der Waals surface area contributed by atoms with Crippen LogP contribution in [0.4, 0.5) is 0 Å². The van der Waals surface area contributed by atoms with Gasteiger partial charge in [-0.25, -0.2) is 0 Å². The van der Waals surface area contributed by atoms with Crippen LogP contribution in [0.1, 0.15) is 43.7 Å². The molecule has 1 saturated carbocycles. The Kier molecular flexibility index (Phi) is 5.40. The van der Waals surface area contributed by atoms with Crippen LogP contribution in [0.15, 0.2) is 35.3 Å². The lowest BCUT2D eigenvalue weighted by molar-refractivity contribution is 0.181. The molecule has 2 nitrogen and oxygen atoms in total. The van der Waals surface area contributed by atoms with Gasteiger partial charge in [-0.3, -0.25) is 4.99 Å². The summed E-state index contributed by atoms with van der Waals surface area (Å²) in [4.78, 5) is 4.76. The van der Waals surface area contributed by atoms with Crippen LogP contribution in [0.3, 0.4) is 0 Å². The van der Waals surface area contributed by atoms with Crippen molar-refractivity contribution in [3.63, 3.8) is 0 Å². The van der Waals surface area contributed by atoms with E-state index in [1.807, 2.05) is 6.07 Å². The maximum atomic E-state index is 5.28. The van der Waals surface area contributed by atoms with E-state index in [0.29, 0.717) is 12.5 Å². The molecule has 0 aromatic heterocycles. The van der Waals surface area contributed by atoms with Gasteiger partial charge >= 0.3 is 0 Å². The van der Waals surface area contributed by atoms with Gasteiger partial charge in [0.2, 0.25) is 0 Å². The zero-order valence-corrected chi connectivity index (χ0v) is 11.2. The summed E-state index contributed by atoms with van der Waals surface area (Å²) in [7, 11) is 1.74. The van der Waals surface area contributed by atoms with Crippen molar-refractivity contribution in [2.24, 2.45) is 10.9 Å². The Bertz CT molecular complexity index is 355. The second-order valence-electron chi connectivity index (χ2n) is 5.08. The van der Waals surface area contributed by atoms with Crippen LogP contribution < -0.4 is 0 Å². The molecule has 1 aliphatic rings. The molecule has 0 unspecified atom stereocenters. The van der Waals surface area contributed by atoms with E-state index in [4.69, 9.17) is 9.73 Å². The summed E-state index contributed by atoms with van der Waals surface area (Å²) >= 11 is 0. The zero-order valence-electron chi connectivity index (χ0n) is 11.2. The van der Waals surface area contributed by atoms with Crippen molar-refractivity contribution in [2.75, 3.05) is 13.7 Å².